The van der Waals surface area contributed by atoms with E-state index >= 15 is 0 Å². The molecule has 0 unspecified atom stereocenters. The number of fused-ring (bicyclic) bond motifs is 3. The summed E-state index contributed by atoms with van der Waals surface area (Å²) in [5.74, 6) is 5.03. The molecule has 1 N–H and O–H groups in total. The quantitative estimate of drug-likeness (QED) is 0.408. The number of carbonyl (C=O) groups excluding carboxylic acids is 1. The molecule has 3 aromatic carbocycles. The van der Waals surface area contributed by atoms with Gasteiger partial charge in [-0.2, -0.15) is 0 Å². The van der Waals surface area contributed by atoms with Gasteiger partial charge in [-0.1, -0.05) is 76.3 Å². The van der Waals surface area contributed by atoms with Crippen molar-refractivity contribution < 1.29 is 13.9 Å². The van der Waals surface area contributed by atoms with Crippen LogP contribution in [0.3, 0.4) is 0 Å². The van der Waals surface area contributed by atoms with E-state index in [2.05, 4.69) is 73.3 Å². The summed E-state index contributed by atoms with van der Waals surface area (Å²) in [4.78, 5) is 12.1. The summed E-state index contributed by atoms with van der Waals surface area (Å²) in [6, 6.07) is 19.4. The Morgan fingerprint density at radius 1 is 1.03 bits per heavy atom. The molecule has 4 rings (SSSR count). The first-order chi connectivity index (χ1) is 14.5. The number of hydrogen-bond donors (Lipinski definition) is 1. The monoisotopic (exact) mass is 527 g/mol. The van der Waals surface area contributed by atoms with E-state index in [1.807, 2.05) is 24.3 Å². The van der Waals surface area contributed by atoms with Gasteiger partial charge in [-0.15, -0.1) is 0 Å². The van der Waals surface area contributed by atoms with E-state index in [9.17, 15) is 9.18 Å². The number of hydrogen-bond acceptors (Lipinski definition) is 2. The van der Waals surface area contributed by atoms with Crippen molar-refractivity contribution in [1.29, 1.82) is 0 Å². The number of ether oxygens (including phenoxy) is 1. The minimum atomic E-state index is -0.554. The van der Waals surface area contributed by atoms with Crippen molar-refractivity contribution in [2.45, 2.75) is 5.92 Å². The maximum atomic E-state index is 14.0. The van der Waals surface area contributed by atoms with Crippen LogP contribution in [-0.4, -0.2) is 19.2 Å². The largest absolute Gasteiger partial charge is 0.449 e. The van der Waals surface area contributed by atoms with Crippen LogP contribution in [-0.2, 0) is 4.74 Å². The van der Waals surface area contributed by atoms with E-state index in [0.29, 0.717) is 8.95 Å². The Bertz CT molecular complexity index is 1110. The van der Waals surface area contributed by atoms with E-state index in [4.69, 9.17) is 4.74 Å². The van der Waals surface area contributed by atoms with Gasteiger partial charge in [-0.25, -0.2) is 9.18 Å². The number of rotatable bonds is 3. The van der Waals surface area contributed by atoms with Gasteiger partial charge in [0.05, 0.1) is 12.1 Å². The van der Waals surface area contributed by atoms with Crippen LogP contribution in [0.2, 0.25) is 0 Å². The van der Waals surface area contributed by atoms with Crippen LogP contribution in [0.5, 0.6) is 0 Å². The Hall–Kier alpha value is -2.62. The fourth-order valence-corrected chi connectivity index (χ4v) is 4.83. The number of benzene rings is 3. The third kappa shape index (κ3) is 4.28. The van der Waals surface area contributed by atoms with Crippen LogP contribution in [0, 0.1) is 17.7 Å². The molecule has 0 saturated carbocycles. The van der Waals surface area contributed by atoms with Crippen molar-refractivity contribution in [2.24, 2.45) is 0 Å². The van der Waals surface area contributed by atoms with Crippen molar-refractivity contribution in [2.75, 3.05) is 13.2 Å². The van der Waals surface area contributed by atoms with Gasteiger partial charge >= 0.3 is 6.09 Å². The number of nitrogens with one attached hydrogen (secondary N) is 1. The molecule has 30 heavy (non-hydrogen) atoms. The molecule has 0 atom stereocenters. The molecule has 150 valence electrons. The molecule has 1 amide bonds. The molecule has 0 fully saturated rings. The molecular formula is C24H16Br2FNO2. The fourth-order valence-electron chi connectivity index (χ4n) is 3.56. The second kappa shape index (κ2) is 9.03. The highest BCUT2D eigenvalue weighted by Gasteiger charge is 2.28. The summed E-state index contributed by atoms with van der Waals surface area (Å²) >= 11 is 6.51. The van der Waals surface area contributed by atoms with Gasteiger partial charge in [-0.3, -0.25) is 0 Å². The normalized spacial score (nSPS) is 11.8. The van der Waals surface area contributed by atoms with Crippen molar-refractivity contribution in [3.05, 3.63) is 92.1 Å². The van der Waals surface area contributed by atoms with E-state index < -0.39 is 11.9 Å². The van der Waals surface area contributed by atoms with E-state index in [0.717, 1.165) is 11.1 Å². The Morgan fingerprint density at radius 2 is 1.67 bits per heavy atom. The van der Waals surface area contributed by atoms with Crippen LogP contribution in [0.15, 0.2) is 69.6 Å². The summed E-state index contributed by atoms with van der Waals surface area (Å²) in [5, 5.41) is 2.59. The Labute approximate surface area is 190 Å². The summed E-state index contributed by atoms with van der Waals surface area (Å²) in [5.41, 5.74) is 4.90. The first-order valence-electron chi connectivity index (χ1n) is 9.27. The van der Waals surface area contributed by atoms with E-state index in [-0.39, 0.29) is 24.6 Å². The predicted octanol–water partition coefficient (Wildman–Crippen LogP) is 6.24. The van der Waals surface area contributed by atoms with Crippen molar-refractivity contribution in [3.8, 4) is 23.0 Å². The van der Waals surface area contributed by atoms with Gasteiger partial charge in [0.2, 0.25) is 0 Å². The minimum Gasteiger partial charge on any atom is -0.449 e. The van der Waals surface area contributed by atoms with Gasteiger partial charge in [0.1, 0.15) is 12.4 Å². The molecule has 0 saturated heterocycles. The third-order valence-electron chi connectivity index (χ3n) is 4.89. The second-order valence-electron chi connectivity index (χ2n) is 6.73. The van der Waals surface area contributed by atoms with Gasteiger partial charge in [0.15, 0.2) is 0 Å². The summed E-state index contributed by atoms with van der Waals surface area (Å²) < 4.78 is 20.6. The Balaban J connectivity index is 1.37. The average Bonchev–Trinajstić information content (AvgIpc) is 3.05. The lowest BCUT2D eigenvalue weighted by molar-refractivity contribution is 0.144. The molecule has 0 spiro atoms. The summed E-state index contributed by atoms with van der Waals surface area (Å²) in [7, 11) is 0. The molecule has 6 heteroatoms. The molecule has 1 aliphatic rings. The highest BCUT2D eigenvalue weighted by molar-refractivity contribution is 9.11. The average molecular weight is 529 g/mol. The lowest BCUT2D eigenvalue weighted by Crippen LogP contribution is -2.26. The Kier molecular flexibility index (Phi) is 6.21. The number of alkyl carbamates (subject to hydrolysis) is 1. The molecule has 1 aliphatic carbocycles. The number of carbonyl (C=O) groups is 1. The van der Waals surface area contributed by atoms with Gasteiger partial charge in [0, 0.05) is 14.9 Å². The third-order valence-corrected chi connectivity index (χ3v) is 5.97. The standard InChI is InChI=1S/C24H16Br2FNO2/c25-15-12-22(26)20(23(27)13-15)10-5-11-28-24(29)30-14-21-18-8-3-1-6-16(18)17-7-2-4-9-19(17)21/h1-4,6-9,12-13,21H,11,14H2,(H,28,29). The first kappa shape index (κ1) is 20.6. The lowest BCUT2D eigenvalue weighted by atomic mass is 9.98. The molecule has 0 bridgehead atoms. The highest BCUT2D eigenvalue weighted by atomic mass is 79.9. The van der Waals surface area contributed by atoms with Gasteiger partial charge in [-0.05, 0) is 50.3 Å². The van der Waals surface area contributed by atoms with Crippen molar-refractivity contribution in [3.63, 3.8) is 0 Å². The first-order valence-corrected chi connectivity index (χ1v) is 10.9. The molecule has 3 aromatic rings. The smallest absolute Gasteiger partial charge is 0.407 e. The maximum absolute atomic E-state index is 14.0. The van der Waals surface area contributed by atoms with E-state index in [1.165, 1.54) is 17.2 Å². The number of halogens is 3. The van der Waals surface area contributed by atoms with Crippen LogP contribution < -0.4 is 5.32 Å². The molecule has 3 nitrogen and oxygen atoms in total. The summed E-state index contributed by atoms with van der Waals surface area (Å²) in [6.45, 7) is 0.290. The van der Waals surface area contributed by atoms with Crippen molar-refractivity contribution in [1.82, 2.24) is 5.32 Å². The minimum absolute atomic E-state index is 0.00190. The number of amides is 1. The SMILES string of the molecule is O=C(NCC#Cc1c(F)cc(Br)cc1Br)OCC1c2ccccc2-c2ccccc21. The lowest BCUT2D eigenvalue weighted by Gasteiger charge is -2.14. The van der Waals surface area contributed by atoms with E-state index in [1.54, 1.807) is 6.07 Å². The topological polar surface area (TPSA) is 38.3 Å². The molecule has 0 heterocycles. The van der Waals surface area contributed by atoms with Gasteiger partial charge < -0.3 is 10.1 Å². The van der Waals surface area contributed by atoms with Crippen molar-refractivity contribution >= 4 is 38.0 Å². The zero-order valence-electron chi connectivity index (χ0n) is 15.7. The molecule has 0 aromatic heterocycles. The zero-order chi connectivity index (χ0) is 21.1. The predicted molar refractivity (Wildman–Crippen MR) is 122 cm³/mol. The molecule has 0 radical (unpaired) electrons. The van der Waals surface area contributed by atoms with Crippen LogP contribution in [0.25, 0.3) is 11.1 Å². The molecule has 0 aliphatic heterocycles. The second-order valence-corrected chi connectivity index (χ2v) is 8.50. The highest BCUT2D eigenvalue weighted by Crippen LogP contribution is 2.44. The van der Waals surface area contributed by atoms with Crippen LogP contribution >= 0.6 is 31.9 Å². The van der Waals surface area contributed by atoms with Crippen LogP contribution in [0.1, 0.15) is 22.6 Å². The zero-order valence-corrected chi connectivity index (χ0v) is 18.9. The Morgan fingerprint density at radius 3 is 2.30 bits per heavy atom. The van der Waals surface area contributed by atoms with Gasteiger partial charge in [0.25, 0.3) is 0 Å². The fraction of sp³-hybridized carbons (Fsp3) is 0.125. The molecular weight excluding hydrogens is 513 g/mol. The summed E-state index contributed by atoms with van der Waals surface area (Å²) in [6.07, 6.45) is -0.554. The maximum Gasteiger partial charge on any atom is 0.407 e. The van der Waals surface area contributed by atoms with Crippen LogP contribution in [0.4, 0.5) is 9.18 Å².